The van der Waals surface area contributed by atoms with Crippen LogP contribution in [0.1, 0.15) is 41.5 Å². The van der Waals surface area contributed by atoms with Crippen LogP contribution in [0.4, 0.5) is 0 Å². The SMILES string of the molecule is CC(C)(C)[n+]1[c-]n(Cn2[c-][n+](C(C)(C)C)cc2)cc1.ClCCl.[Br-].[C-]#[O+].[C-]#[O+].[Rh].[Rh].c1ccc(P(CP(c2ccccc2)c2ccccc2)c2ccccc2)cc1.c1ccc([B-](c2ccccc2)(c2ccccc2)c2ccccc2)cc1. The molecule has 422 valence electrons. The van der Waals surface area contributed by atoms with Crippen molar-refractivity contribution in [3.05, 3.63) is 293 Å². The molecule has 0 saturated heterocycles. The van der Waals surface area contributed by atoms with Gasteiger partial charge in [-0.2, -0.15) is 21.9 Å². The summed E-state index contributed by atoms with van der Waals surface area (Å²) in [4.78, 5) is 0. The Morgan fingerprint density at radius 3 is 0.790 bits per heavy atom. The Labute approximate surface area is 531 Å². The van der Waals surface area contributed by atoms with Crippen LogP contribution in [0.5, 0.6) is 0 Å². The largest absolute Gasteiger partial charge is 0.195 e. The molecule has 81 heavy (non-hydrogen) atoms. The summed E-state index contributed by atoms with van der Waals surface area (Å²) < 4.78 is 23.3. The second-order valence-electron chi connectivity index (χ2n) is 19.9. The van der Waals surface area contributed by atoms with Crippen LogP contribution in [0.25, 0.3) is 0 Å². The fraction of sp³-hybridized carbons (Fsp3) is 0.164. The van der Waals surface area contributed by atoms with Crippen LogP contribution in [0.15, 0.2) is 267 Å². The normalized spacial score (nSPS) is 10.4. The summed E-state index contributed by atoms with van der Waals surface area (Å²) in [6.45, 7) is 22.7. The smallest absolute Gasteiger partial charge is 0.108 e. The van der Waals surface area contributed by atoms with Crippen molar-refractivity contribution in [1.82, 2.24) is 9.13 Å². The quantitative estimate of drug-likeness (QED) is 0.0297. The van der Waals surface area contributed by atoms with Crippen LogP contribution < -0.4 is 69.2 Å². The Morgan fingerprint density at radius 2 is 0.605 bits per heavy atom. The van der Waals surface area contributed by atoms with E-state index in [0.29, 0.717) is 0 Å². The number of hydrogen-bond acceptors (Lipinski definition) is 0. The van der Waals surface area contributed by atoms with E-state index in [1.54, 1.807) is 0 Å². The zero-order chi connectivity index (χ0) is 56.2. The first-order valence-electron chi connectivity index (χ1n) is 25.6. The Kier molecular flexibility index (Phi) is 33.7. The predicted molar refractivity (Wildman–Crippen MR) is 330 cm³/mol. The van der Waals surface area contributed by atoms with Gasteiger partial charge in [0, 0.05) is 44.9 Å². The van der Waals surface area contributed by atoms with E-state index in [4.69, 9.17) is 32.5 Å². The molecule has 0 fully saturated rings. The number of rotatable bonds is 12. The molecular weight excluding hydrogens is 1320 g/mol. The second-order valence-corrected chi connectivity index (χ2v) is 25.6. The molecule has 0 aliphatic heterocycles. The van der Waals surface area contributed by atoms with Gasteiger partial charge in [0.25, 0.3) is 0 Å². The van der Waals surface area contributed by atoms with E-state index in [2.05, 4.69) is 332 Å². The molecule has 2 heterocycles. The van der Waals surface area contributed by atoms with Crippen LogP contribution >= 0.6 is 39.0 Å². The van der Waals surface area contributed by atoms with Gasteiger partial charge in [-0.15, -0.1) is 23.2 Å². The zero-order valence-corrected chi connectivity index (χ0v) is 54.6. The summed E-state index contributed by atoms with van der Waals surface area (Å²) in [5.41, 5.74) is 5.49. The van der Waals surface area contributed by atoms with Gasteiger partial charge in [0.05, 0.1) is 16.4 Å². The van der Waals surface area contributed by atoms with Gasteiger partial charge in [-0.1, -0.05) is 243 Å². The second kappa shape index (κ2) is 37.9. The van der Waals surface area contributed by atoms with E-state index in [1.807, 2.05) is 21.5 Å². The summed E-state index contributed by atoms with van der Waals surface area (Å²) in [5, 5.41) is 6.02. The summed E-state index contributed by atoms with van der Waals surface area (Å²) >= 11 is 9.53. The van der Waals surface area contributed by atoms with E-state index in [9.17, 15) is 0 Å². The van der Waals surface area contributed by atoms with Gasteiger partial charge in [-0.3, -0.25) is 0 Å². The van der Waals surface area contributed by atoms with Crippen molar-refractivity contribution in [3.8, 4) is 0 Å². The van der Waals surface area contributed by atoms with Crippen molar-refractivity contribution < 1.29 is 74.4 Å². The fourth-order valence-corrected chi connectivity index (χ4v) is 15.6. The molecule has 0 aliphatic carbocycles. The van der Waals surface area contributed by atoms with Gasteiger partial charge >= 0.3 is 22.6 Å². The molecule has 2 radical (unpaired) electrons. The maximum absolute atomic E-state index is 7.50. The average molecular weight is 1390 g/mol. The molecule has 2 aromatic heterocycles. The predicted octanol–water partition coefficient (Wildman–Crippen LogP) is 8.10. The fourth-order valence-electron chi connectivity index (χ4n) is 9.09. The minimum Gasteiger partial charge on any atom is -0.195 e. The summed E-state index contributed by atoms with van der Waals surface area (Å²) in [6, 6.07) is 87.7. The van der Waals surface area contributed by atoms with E-state index >= 15 is 0 Å². The molecular formula is C67H68BBrCl2N4O2P2Rh2-2. The summed E-state index contributed by atoms with van der Waals surface area (Å²) in [6.07, 6.45) is 13.6. The first-order chi connectivity index (χ1) is 37.9. The molecule has 0 amide bonds. The number of aromatic nitrogens is 4. The molecule has 0 saturated carbocycles. The molecule has 14 heteroatoms. The molecule has 0 N–H and O–H groups in total. The minimum absolute atomic E-state index is 0. The molecule has 0 unspecified atom stereocenters. The van der Waals surface area contributed by atoms with E-state index in [1.165, 1.54) is 49.0 Å². The van der Waals surface area contributed by atoms with Crippen LogP contribution in [0.3, 0.4) is 0 Å². The van der Waals surface area contributed by atoms with Crippen molar-refractivity contribution in [2.24, 2.45) is 0 Å². The summed E-state index contributed by atoms with van der Waals surface area (Å²) in [7, 11) is -0.817. The summed E-state index contributed by atoms with van der Waals surface area (Å²) in [5.74, 6) is 1.17. The van der Waals surface area contributed by atoms with Gasteiger partial charge < -0.3 is 35.2 Å². The number of benzene rings is 8. The van der Waals surface area contributed by atoms with E-state index in [-0.39, 0.29) is 72.4 Å². The molecule has 0 aliphatic rings. The number of hydrogen-bond donors (Lipinski definition) is 0. The maximum Gasteiger partial charge on any atom is 0.108 e. The number of nitrogens with zero attached hydrogens (tertiary/aromatic N) is 4. The monoisotopic (exact) mass is 1390 g/mol. The molecule has 10 aromatic rings. The molecule has 0 bridgehead atoms. The van der Waals surface area contributed by atoms with Gasteiger partial charge in [0.15, 0.2) is 6.67 Å². The van der Waals surface area contributed by atoms with Crippen LogP contribution in [-0.2, 0) is 66.0 Å². The van der Waals surface area contributed by atoms with E-state index in [0.717, 1.165) is 6.67 Å². The number of alkyl halides is 2. The third-order valence-corrected chi connectivity index (χ3v) is 18.7. The standard InChI is InChI=1S/C25H22P2.C24H20B.C15H24N4.CH2Cl2.2CO.BrH.2Rh/c1-5-13-22(14-6-1)26(23-15-7-2-8-16-23)21-27(24-17-9-3-10-18-24)25-19-11-4-12-20-25;1-5-13-21(14-6-1)25(22-15-7-2-8-16-22,23-17-9-3-10-18-23)24-19-11-4-12-20-24;1-14(2,3)18-9-7-16(12-18)11-17-8-10-19(13-17)15(4,5)6;2-1-3;2*1-2;;;/h1-20H,21H2;1-20H;7-10H,11H2,1-6H3;1H2;;;1H;;/q;-1;;;;;;;/p-1. The van der Waals surface area contributed by atoms with E-state index < -0.39 is 22.0 Å². The molecule has 8 aromatic carbocycles. The van der Waals surface area contributed by atoms with Crippen molar-refractivity contribution in [2.75, 3.05) is 11.2 Å². The Bertz CT molecular complexity index is 2870. The average Bonchev–Trinajstić information content (AvgIpc) is 4.37. The number of imidazole rings is 2. The Balaban J connectivity index is 0.000000391. The van der Waals surface area contributed by atoms with Crippen LogP contribution in [0.2, 0.25) is 0 Å². The van der Waals surface area contributed by atoms with Crippen molar-refractivity contribution >= 4 is 88.3 Å². The minimum atomic E-state index is -1.22. The first kappa shape index (κ1) is 72.0. The van der Waals surface area contributed by atoms with Crippen LogP contribution in [-0.4, -0.2) is 26.5 Å². The Hall–Kier alpha value is -5.11. The molecule has 0 atom stereocenters. The van der Waals surface area contributed by atoms with Crippen molar-refractivity contribution in [1.29, 1.82) is 0 Å². The van der Waals surface area contributed by atoms with Gasteiger partial charge in [-0.25, -0.2) is 0 Å². The van der Waals surface area contributed by atoms with Crippen molar-refractivity contribution in [3.63, 3.8) is 0 Å². The van der Waals surface area contributed by atoms with Gasteiger partial charge in [0.1, 0.15) is 6.15 Å². The van der Waals surface area contributed by atoms with Gasteiger partial charge in [0.2, 0.25) is 12.7 Å². The Morgan fingerprint density at radius 1 is 0.407 bits per heavy atom. The van der Waals surface area contributed by atoms with Gasteiger partial charge in [-0.05, 0) is 103 Å². The molecule has 10 rings (SSSR count). The van der Waals surface area contributed by atoms with Crippen LogP contribution in [0, 0.1) is 26.0 Å². The maximum atomic E-state index is 7.50. The third kappa shape index (κ3) is 21.2. The topological polar surface area (TPSA) is 57.4 Å². The first-order valence-corrected chi connectivity index (χ1v) is 29.7. The van der Waals surface area contributed by atoms with Crippen molar-refractivity contribution in [2.45, 2.75) is 59.3 Å². The zero-order valence-electron chi connectivity index (χ0n) is 46.4. The number of halogens is 3. The third-order valence-electron chi connectivity index (χ3n) is 12.8. The molecule has 6 nitrogen and oxygen atoms in total. The molecule has 0 spiro atoms.